The van der Waals surface area contributed by atoms with E-state index in [1.54, 1.807) is 18.2 Å². The van der Waals surface area contributed by atoms with Gasteiger partial charge in [0.25, 0.3) is 0 Å². The highest BCUT2D eigenvalue weighted by Gasteiger charge is 2.29. The molecular weight excluding hydrogens is 557 g/mol. The number of allylic oxidation sites excluding steroid dienone is 1. The van der Waals surface area contributed by atoms with Crippen molar-refractivity contribution in [2.24, 2.45) is 0 Å². The summed E-state index contributed by atoms with van der Waals surface area (Å²) in [5.41, 5.74) is -0.0177. The first kappa shape index (κ1) is 30.9. The van der Waals surface area contributed by atoms with E-state index in [-0.39, 0.29) is 36.9 Å². The molecule has 9 heteroatoms. The number of phenolic OH excluding ortho intramolecular Hbond substituents is 1. The molecule has 1 aliphatic carbocycles. The summed E-state index contributed by atoms with van der Waals surface area (Å²) < 4.78 is 72.4. The Bertz CT molecular complexity index is 1360. The number of hydrogen-bond acceptors (Lipinski definition) is 4. The van der Waals surface area contributed by atoms with Crippen molar-refractivity contribution in [2.45, 2.75) is 56.0 Å². The van der Waals surface area contributed by atoms with Crippen LogP contribution < -0.4 is 4.74 Å². The molecule has 1 N–H and O–H groups in total. The van der Waals surface area contributed by atoms with Gasteiger partial charge in [-0.05, 0) is 108 Å². The van der Waals surface area contributed by atoms with Crippen LogP contribution in [-0.4, -0.2) is 47.9 Å². The zero-order valence-electron chi connectivity index (χ0n) is 21.8. The smallest absolute Gasteiger partial charge is 0.446 e. The van der Waals surface area contributed by atoms with E-state index < -0.39 is 17.1 Å². The summed E-state index contributed by atoms with van der Waals surface area (Å²) in [6, 6.07) is 16.9. The third kappa shape index (κ3) is 7.43. The van der Waals surface area contributed by atoms with Crippen molar-refractivity contribution in [1.29, 1.82) is 0 Å². The van der Waals surface area contributed by atoms with Crippen LogP contribution >= 0.6 is 11.8 Å². The minimum Gasteiger partial charge on any atom is -0.505 e. The van der Waals surface area contributed by atoms with Crippen LogP contribution in [0.3, 0.4) is 0 Å². The van der Waals surface area contributed by atoms with Crippen molar-refractivity contribution in [1.82, 2.24) is 4.90 Å². The first-order chi connectivity index (χ1) is 19.2. The third-order valence-corrected chi connectivity index (χ3v) is 8.11. The summed E-state index contributed by atoms with van der Waals surface area (Å²) in [7, 11) is 0. The van der Waals surface area contributed by atoms with Gasteiger partial charge in [-0.15, -0.1) is 0 Å². The number of thioether (sulfide) groups is 1. The molecule has 1 aliphatic heterocycles. The number of halogens is 5. The molecule has 2 aliphatic rings. The molecule has 3 aromatic rings. The molecule has 1 heterocycles. The average Bonchev–Trinajstić information content (AvgIpc) is 3.27. The molecule has 3 nitrogen and oxygen atoms in total. The van der Waals surface area contributed by atoms with Crippen LogP contribution in [0.2, 0.25) is 0 Å². The number of benzene rings is 3. The SMILES string of the molecule is C.Oc1ccc2c(c1F)CCCC(c1ccc(SC(F)(F)F)cc1)=C2c1ccc(O[C@H]2CCN(CCCF)C2)cc1. The Labute approximate surface area is 242 Å². The number of aromatic hydroxyl groups is 1. The van der Waals surface area contributed by atoms with Crippen LogP contribution in [0.1, 0.15) is 55.4 Å². The summed E-state index contributed by atoms with van der Waals surface area (Å²) in [5, 5.41) is 10.0. The molecule has 0 unspecified atom stereocenters. The van der Waals surface area contributed by atoms with Crippen molar-refractivity contribution in [3.63, 3.8) is 0 Å². The number of nitrogens with zero attached hydrogens (tertiary/aromatic N) is 1. The van der Waals surface area contributed by atoms with Crippen molar-refractivity contribution >= 4 is 22.9 Å². The van der Waals surface area contributed by atoms with E-state index in [0.29, 0.717) is 49.1 Å². The molecule has 41 heavy (non-hydrogen) atoms. The summed E-state index contributed by atoms with van der Waals surface area (Å²) in [5.74, 6) is -0.356. The lowest BCUT2D eigenvalue weighted by Crippen LogP contribution is -2.26. The molecule has 0 bridgehead atoms. The quantitative estimate of drug-likeness (QED) is 0.210. The van der Waals surface area contributed by atoms with Crippen LogP contribution in [0.15, 0.2) is 65.6 Å². The minimum absolute atomic E-state index is 0. The summed E-state index contributed by atoms with van der Waals surface area (Å²) in [6.45, 7) is 2.00. The molecule has 220 valence electrons. The second-order valence-electron chi connectivity index (χ2n) is 10.1. The second kappa shape index (κ2) is 13.3. The molecule has 1 atom stereocenters. The molecule has 0 spiro atoms. The molecule has 0 radical (unpaired) electrons. The van der Waals surface area contributed by atoms with E-state index in [2.05, 4.69) is 4.90 Å². The average molecular weight is 592 g/mol. The Hall–Kier alpha value is -3.04. The van der Waals surface area contributed by atoms with Gasteiger partial charge in [-0.25, -0.2) is 4.39 Å². The van der Waals surface area contributed by atoms with Gasteiger partial charge in [-0.2, -0.15) is 13.2 Å². The number of phenols is 1. The zero-order valence-corrected chi connectivity index (χ0v) is 22.6. The molecule has 0 amide bonds. The van der Waals surface area contributed by atoms with Gasteiger partial charge in [0, 0.05) is 24.5 Å². The van der Waals surface area contributed by atoms with E-state index in [0.717, 1.165) is 41.8 Å². The summed E-state index contributed by atoms with van der Waals surface area (Å²) in [4.78, 5) is 2.29. The van der Waals surface area contributed by atoms with E-state index in [4.69, 9.17) is 4.74 Å². The first-order valence-electron chi connectivity index (χ1n) is 13.4. The van der Waals surface area contributed by atoms with Gasteiger partial charge in [-0.1, -0.05) is 37.8 Å². The number of ether oxygens (including phenoxy) is 1. The zero-order chi connectivity index (χ0) is 28.3. The topological polar surface area (TPSA) is 32.7 Å². The van der Waals surface area contributed by atoms with E-state index in [1.165, 1.54) is 18.2 Å². The van der Waals surface area contributed by atoms with Gasteiger partial charge >= 0.3 is 5.51 Å². The van der Waals surface area contributed by atoms with Crippen LogP contribution in [0.25, 0.3) is 11.1 Å². The number of rotatable bonds is 8. The highest BCUT2D eigenvalue weighted by atomic mass is 32.2. The highest BCUT2D eigenvalue weighted by molar-refractivity contribution is 8.00. The van der Waals surface area contributed by atoms with E-state index in [1.807, 2.05) is 24.3 Å². The molecule has 1 saturated heterocycles. The van der Waals surface area contributed by atoms with Gasteiger partial charge in [0.05, 0.1) is 6.67 Å². The lowest BCUT2D eigenvalue weighted by Gasteiger charge is -2.19. The van der Waals surface area contributed by atoms with Crippen LogP contribution in [0.5, 0.6) is 11.5 Å². The monoisotopic (exact) mass is 591 g/mol. The molecular formula is C32H34F5NO2S. The number of alkyl halides is 4. The maximum absolute atomic E-state index is 15.1. The molecule has 1 fully saturated rings. The highest BCUT2D eigenvalue weighted by Crippen LogP contribution is 2.43. The van der Waals surface area contributed by atoms with E-state index >= 15 is 4.39 Å². The normalized spacial score (nSPS) is 17.6. The number of hydrogen-bond donors (Lipinski definition) is 1. The summed E-state index contributed by atoms with van der Waals surface area (Å²) >= 11 is -0.159. The lowest BCUT2D eigenvalue weighted by molar-refractivity contribution is -0.0328. The summed E-state index contributed by atoms with van der Waals surface area (Å²) in [6.07, 6.45) is 3.03. The second-order valence-corrected chi connectivity index (χ2v) is 11.2. The predicted molar refractivity (Wildman–Crippen MR) is 155 cm³/mol. The molecule has 5 rings (SSSR count). The standard InChI is InChI=1S/C31H30F5NO2S.CH4/c32-16-2-17-37-18-15-23(19-37)39-22-9-5-21(6-10-22)29-25(20-7-11-24(12-8-20)40-31(34,35)36)3-1-4-27-26(29)13-14-28(38)30(27)33;/h5-14,23,38H,1-4,15-19H2;1H4/t23-;/m0./s1. The lowest BCUT2D eigenvalue weighted by atomic mass is 9.87. The van der Waals surface area contributed by atoms with Gasteiger partial charge in [0.1, 0.15) is 11.9 Å². The van der Waals surface area contributed by atoms with Gasteiger partial charge < -0.3 is 9.84 Å². The van der Waals surface area contributed by atoms with Crippen molar-refractivity contribution in [3.05, 3.63) is 88.7 Å². The van der Waals surface area contributed by atoms with Crippen LogP contribution in [0.4, 0.5) is 22.0 Å². The fourth-order valence-corrected chi connectivity index (χ4v) is 6.11. The van der Waals surface area contributed by atoms with Crippen molar-refractivity contribution in [2.75, 3.05) is 26.3 Å². The molecule has 0 saturated carbocycles. The van der Waals surface area contributed by atoms with Crippen LogP contribution in [-0.2, 0) is 6.42 Å². The maximum Gasteiger partial charge on any atom is 0.446 e. The van der Waals surface area contributed by atoms with Crippen LogP contribution in [0, 0.1) is 5.82 Å². The van der Waals surface area contributed by atoms with Crippen molar-refractivity contribution in [3.8, 4) is 11.5 Å². The Morgan fingerprint density at radius 2 is 1.66 bits per heavy atom. The Morgan fingerprint density at radius 3 is 2.34 bits per heavy atom. The van der Waals surface area contributed by atoms with Gasteiger partial charge in [-0.3, -0.25) is 9.29 Å². The molecule has 3 aromatic carbocycles. The first-order valence-corrected chi connectivity index (χ1v) is 14.2. The van der Waals surface area contributed by atoms with Crippen molar-refractivity contribution < 1.29 is 31.8 Å². The predicted octanol–water partition coefficient (Wildman–Crippen LogP) is 8.89. The fraction of sp³-hybridized carbons (Fsp3) is 0.375. The number of fused-ring (bicyclic) bond motifs is 1. The maximum atomic E-state index is 15.1. The van der Waals surface area contributed by atoms with Gasteiger partial charge in [0.15, 0.2) is 11.6 Å². The third-order valence-electron chi connectivity index (χ3n) is 7.37. The van der Waals surface area contributed by atoms with Gasteiger partial charge in [0.2, 0.25) is 0 Å². The Morgan fingerprint density at radius 1 is 0.951 bits per heavy atom. The largest absolute Gasteiger partial charge is 0.505 e. The molecule has 0 aromatic heterocycles. The Balaban J connectivity index is 0.00000387. The number of likely N-dealkylation sites (tertiary alicyclic amines) is 1. The Kier molecular flexibility index (Phi) is 10.0. The fourth-order valence-electron chi connectivity index (χ4n) is 5.57. The minimum atomic E-state index is -4.37. The van der Waals surface area contributed by atoms with E-state index in [9.17, 15) is 22.7 Å².